The van der Waals surface area contributed by atoms with Gasteiger partial charge in [0.1, 0.15) is 5.75 Å². The summed E-state index contributed by atoms with van der Waals surface area (Å²) in [5.74, 6) is 0.310. The van der Waals surface area contributed by atoms with Crippen molar-refractivity contribution in [1.82, 2.24) is 0 Å². The summed E-state index contributed by atoms with van der Waals surface area (Å²) >= 11 is 0. The van der Waals surface area contributed by atoms with Gasteiger partial charge in [0.2, 0.25) is 0 Å². The highest BCUT2D eigenvalue weighted by molar-refractivity contribution is 7.90. The number of amides is 1. The van der Waals surface area contributed by atoms with Crippen LogP contribution >= 0.6 is 0 Å². The molecule has 0 unspecified atom stereocenters. The Morgan fingerprint density at radius 3 is 2.40 bits per heavy atom. The number of anilines is 1. The van der Waals surface area contributed by atoms with Crippen LogP contribution in [-0.4, -0.2) is 27.2 Å². The highest BCUT2D eigenvalue weighted by atomic mass is 32.2. The van der Waals surface area contributed by atoms with E-state index in [0.717, 1.165) is 11.8 Å². The summed E-state index contributed by atoms with van der Waals surface area (Å²) < 4.78 is 28.8. The minimum Gasteiger partial charge on any atom is -0.483 e. The number of hydrogen-bond acceptors (Lipinski definition) is 4. The van der Waals surface area contributed by atoms with Gasteiger partial charge in [-0.15, -0.1) is 0 Å². The van der Waals surface area contributed by atoms with E-state index in [0.29, 0.717) is 11.4 Å². The van der Waals surface area contributed by atoms with E-state index in [2.05, 4.69) is 26.1 Å². The van der Waals surface area contributed by atoms with Gasteiger partial charge in [-0.05, 0) is 35.2 Å². The number of rotatable bonds is 5. The molecule has 2 rings (SSSR count). The molecule has 1 amide bonds. The molecule has 6 heteroatoms. The van der Waals surface area contributed by atoms with Gasteiger partial charge in [-0.3, -0.25) is 4.79 Å². The molecule has 5 nitrogen and oxygen atoms in total. The molecule has 0 saturated carbocycles. The molecule has 0 fully saturated rings. The highest BCUT2D eigenvalue weighted by Gasteiger charge is 2.19. The van der Waals surface area contributed by atoms with Gasteiger partial charge in [0, 0.05) is 11.9 Å². The van der Waals surface area contributed by atoms with Gasteiger partial charge in [0.25, 0.3) is 5.91 Å². The standard InChI is InChI=1S/C19H23NO4S/c1-19(2,3)16-10-5-6-11-17(16)24-13-18(21)20-14-8-7-9-15(12-14)25(4,22)23/h5-12H,13H2,1-4H3,(H,20,21). The normalized spacial score (nSPS) is 11.8. The molecule has 0 aliphatic rings. The number of ether oxygens (including phenoxy) is 1. The van der Waals surface area contributed by atoms with Gasteiger partial charge in [0.15, 0.2) is 16.4 Å². The molecule has 0 radical (unpaired) electrons. The summed E-state index contributed by atoms with van der Waals surface area (Å²) in [6.07, 6.45) is 1.13. The van der Waals surface area contributed by atoms with Crippen molar-refractivity contribution in [3.63, 3.8) is 0 Å². The van der Waals surface area contributed by atoms with E-state index in [1.165, 1.54) is 12.1 Å². The van der Waals surface area contributed by atoms with Crippen molar-refractivity contribution in [2.24, 2.45) is 0 Å². The van der Waals surface area contributed by atoms with Crippen LogP contribution in [0.2, 0.25) is 0 Å². The van der Waals surface area contributed by atoms with Crippen molar-refractivity contribution < 1.29 is 17.9 Å². The number of para-hydroxylation sites is 1. The van der Waals surface area contributed by atoms with E-state index in [-0.39, 0.29) is 22.8 Å². The first-order chi connectivity index (χ1) is 11.6. The quantitative estimate of drug-likeness (QED) is 0.886. The molecule has 2 aromatic carbocycles. The van der Waals surface area contributed by atoms with Gasteiger partial charge >= 0.3 is 0 Å². The zero-order valence-electron chi connectivity index (χ0n) is 14.9. The minimum atomic E-state index is -3.32. The summed E-state index contributed by atoms with van der Waals surface area (Å²) in [5, 5.41) is 2.65. The lowest BCUT2D eigenvalue weighted by molar-refractivity contribution is -0.118. The van der Waals surface area contributed by atoms with Crippen LogP contribution in [0, 0.1) is 0 Å². The van der Waals surface area contributed by atoms with E-state index in [9.17, 15) is 13.2 Å². The molecular weight excluding hydrogens is 338 g/mol. The summed E-state index contributed by atoms with van der Waals surface area (Å²) in [5.41, 5.74) is 1.33. The van der Waals surface area contributed by atoms with Gasteiger partial charge in [-0.25, -0.2) is 8.42 Å². The Hall–Kier alpha value is -2.34. The molecule has 0 heterocycles. The largest absolute Gasteiger partial charge is 0.483 e. The molecule has 0 bridgehead atoms. The minimum absolute atomic E-state index is 0.100. The van der Waals surface area contributed by atoms with Crippen LogP contribution in [0.25, 0.3) is 0 Å². The fourth-order valence-electron chi connectivity index (χ4n) is 2.36. The van der Waals surface area contributed by atoms with Crippen molar-refractivity contribution in [3.05, 3.63) is 54.1 Å². The second kappa shape index (κ2) is 7.27. The Bertz CT molecular complexity index is 867. The lowest BCUT2D eigenvalue weighted by atomic mass is 9.86. The van der Waals surface area contributed by atoms with E-state index < -0.39 is 9.84 Å². The average molecular weight is 361 g/mol. The van der Waals surface area contributed by atoms with Crippen LogP contribution in [0.3, 0.4) is 0 Å². The van der Waals surface area contributed by atoms with Crippen LogP contribution < -0.4 is 10.1 Å². The number of benzene rings is 2. The summed E-state index contributed by atoms with van der Waals surface area (Å²) in [4.78, 5) is 12.3. The second-order valence-corrected chi connectivity index (χ2v) is 8.90. The maximum absolute atomic E-state index is 12.1. The third kappa shape index (κ3) is 5.32. The molecule has 0 aromatic heterocycles. The van der Waals surface area contributed by atoms with Crippen LogP contribution in [0.4, 0.5) is 5.69 Å². The maximum atomic E-state index is 12.1. The number of carbonyl (C=O) groups excluding carboxylic acids is 1. The van der Waals surface area contributed by atoms with Crippen molar-refractivity contribution in [3.8, 4) is 5.75 Å². The van der Waals surface area contributed by atoms with Gasteiger partial charge in [-0.1, -0.05) is 45.0 Å². The van der Waals surface area contributed by atoms with Gasteiger partial charge < -0.3 is 10.1 Å². The van der Waals surface area contributed by atoms with Crippen molar-refractivity contribution in [2.75, 3.05) is 18.2 Å². The molecule has 2 aromatic rings. The third-order valence-electron chi connectivity index (χ3n) is 3.60. The topological polar surface area (TPSA) is 72.5 Å². The van der Waals surface area contributed by atoms with Gasteiger partial charge in [-0.2, -0.15) is 0 Å². The fraction of sp³-hybridized carbons (Fsp3) is 0.316. The average Bonchev–Trinajstić information content (AvgIpc) is 2.52. The van der Waals surface area contributed by atoms with Crippen molar-refractivity contribution >= 4 is 21.4 Å². The summed E-state index contributed by atoms with van der Waals surface area (Å²) in [6.45, 7) is 6.07. The lowest BCUT2D eigenvalue weighted by Gasteiger charge is -2.22. The smallest absolute Gasteiger partial charge is 0.262 e. The molecule has 0 atom stereocenters. The zero-order chi connectivity index (χ0) is 18.7. The molecule has 0 aliphatic heterocycles. The van der Waals surface area contributed by atoms with E-state index in [1.807, 2.05) is 24.3 Å². The van der Waals surface area contributed by atoms with Crippen molar-refractivity contribution in [2.45, 2.75) is 31.1 Å². The lowest BCUT2D eigenvalue weighted by Crippen LogP contribution is -2.22. The first kappa shape index (κ1) is 19.0. The molecule has 0 saturated heterocycles. The molecule has 25 heavy (non-hydrogen) atoms. The van der Waals surface area contributed by atoms with Crippen LogP contribution in [0.5, 0.6) is 5.75 Å². The zero-order valence-corrected chi connectivity index (χ0v) is 15.7. The highest BCUT2D eigenvalue weighted by Crippen LogP contribution is 2.30. The van der Waals surface area contributed by atoms with Crippen molar-refractivity contribution in [1.29, 1.82) is 0 Å². The Labute approximate surface area is 148 Å². The predicted octanol–water partition coefficient (Wildman–Crippen LogP) is 3.41. The van der Waals surface area contributed by atoms with Crippen LogP contribution in [0.1, 0.15) is 26.3 Å². The van der Waals surface area contributed by atoms with E-state index >= 15 is 0 Å². The number of carbonyl (C=O) groups is 1. The molecule has 0 aliphatic carbocycles. The molecular formula is C19H23NO4S. The molecule has 134 valence electrons. The van der Waals surface area contributed by atoms with E-state index in [4.69, 9.17) is 4.74 Å². The Morgan fingerprint density at radius 2 is 1.76 bits per heavy atom. The molecule has 0 spiro atoms. The van der Waals surface area contributed by atoms with E-state index in [1.54, 1.807) is 12.1 Å². The monoisotopic (exact) mass is 361 g/mol. The SMILES string of the molecule is CC(C)(C)c1ccccc1OCC(=O)Nc1cccc(S(C)(=O)=O)c1. The Kier molecular flexibility index (Phi) is 5.52. The molecule has 1 N–H and O–H groups in total. The maximum Gasteiger partial charge on any atom is 0.262 e. The number of hydrogen-bond donors (Lipinski definition) is 1. The Morgan fingerprint density at radius 1 is 1.08 bits per heavy atom. The summed E-state index contributed by atoms with van der Waals surface area (Å²) in [6, 6.07) is 13.7. The number of nitrogens with one attached hydrogen (secondary N) is 1. The van der Waals surface area contributed by atoms with Crippen LogP contribution in [-0.2, 0) is 20.0 Å². The Balaban J connectivity index is 2.06. The fourth-order valence-corrected chi connectivity index (χ4v) is 3.02. The second-order valence-electron chi connectivity index (χ2n) is 6.88. The number of sulfone groups is 1. The first-order valence-electron chi connectivity index (χ1n) is 7.89. The third-order valence-corrected chi connectivity index (χ3v) is 4.71. The summed E-state index contributed by atoms with van der Waals surface area (Å²) in [7, 11) is -3.32. The van der Waals surface area contributed by atoms with Gasteiger partial charge in [0.05, 0.1) is 4.90 Å². The first-order valence-corrected chi connectivity index (χ1v) is 9.79. The predicted molar refractivity (Wildman–Crippen MR) is 98.8 cm³/mol. The van der Waals surface area contributed by atoms with Crippen LogP contribution in [0.15, 0.2) is 53.4 Å².